The minimum Gasteiger partial charge on any atom is -0.242 e. The van der Waals surface area contributed by atoms with Crippen molar-refractivity contribution < 1.29 is 17.2 Å². The molecule has 1 heterocycles. The summed E-state index contributed by atoms with van der Waals surface area (Å²) < 4.78 is 52.1. The van der Waals surface area contributed by atoms with Crippen LogP contribution in [0.15, 0.2) is 35.5 Å². The predicted octanol–water partition coefficient (Wildman–Crippen LogP) is 1.54. The van der Waals surface area contributed by atoms with Crippen LogP contribution in [0.25, 0.3) is 0 Å². The van der Waals surface area contributed by atoms with Gasteiger partial charge in [0.2, 0.25) is 10.0 Å². The Balaban J connectivity index is 2.19. The van der Waals surface area contributed by atoms with Crippen molar-refractivity contribution >= 4 is 10.0 Å². The second-order valence-electron chi connectivity index (χ2n) is 4.08. The van der Waals surface area contributed by atoms with Crippen molar-refractivity contribution in [3.63, 3.8) is 0 Å². The maximum absolute atomic E-state index is 13.0. The molecule has 0 aliphatic heterocycles. The lowest BCUT2D eigenvalue weighted by molar-refractivity contribution is 0.560. The first kappa shape index (κ1) is 14.5. The fraction of sp³-hybridized carbons (Fsp3) is 0.167. The molecule has 0 atom stereocenters. The molecule has 0 unspecified atom stereocenters. The van der Waals surface area contributed by atoms with Crippen molar-refractivity contribution in [1.29, 1.82) is 0 Å². The lowest BCUT2D eigenvalue weighted by Gasteiger charge is -2.07. The van der Waals surface area contributed by atoms with Gasteiger partial charge in [-0.25, -0.2) is 31.9 Å². The van der Waals surface area contributed by atoms with Crippen LogP contribution in [0.5, 0.6) is 0 Å². The highest BCUT2D eigenvalue weighted by Crippen LogP contribution is 2.13. The Morgan fingerprint density at radius 2 is 1.75 bits per heavy atom. The van der Waals surface area contributed by atoms with E-state index < -0.39 is 26.6 Å². The van der Waals surface area contributed by atoms with Crippen LogP contribution < -0.4 is 4.72 Å². The Morgan fingerprint density at radius 3 is 2.35 bits per heavy atom. The molecule has 2 rings (SSSR count). The van der Waals surface area contributed by atoms with Crippen LogP contribution in [0.1, 0.15) is 11.4 Å². The summed E-state index contributed by atoms with van der Waals surface area (Å²) in [5.41, 5.74) is 1.14. The van der Waals surface area contributed by atoms with Gasteiger partial charge in [0.15, 0.2) is 0 Å². The van der Waals surface area contributed by atoms with Gasteiger partial charge in [-0.1, -0.05) is 0 Å². The molecule has 0 amide bonds. The molecule has 1 N–H and O–H groups in total. The van der Waals surface area contributed by atoms with Crippen molar-refractivity contribution in [2.24, 2.45) is 0 Å². The number of sulfonamides is 1. The maximum Gasteiger partial charge on any atom is 0.241 e. The predicted molar refractivity (Wildman–Crippen MR) is 67.2 cm³/mol. The van der Waals surface area contributed by atoms with Crippen LogP contribution >= 0.6 is 0 Å². The van der Waals surface area contributed by atoms with E-state index in [1.165, 1.54) is 6.33 Å². The average Bonchev–Trinajstić information content (AvgIpc) is 2.35. The third-order valence-corrected chi connectivity index (χ3v) is 3.83. The summed E-state index contributed by atoms with van der Waals surface area (Å²) in [4.78, 5) is 7.29. The van der Waals surface area contributed by atoms with Gasteiger partial charge >= 0.3 is 0 Å². The molecule has 5 nitrogen and oxygen atoms in total. The molecular weight excluding hydrogens is 288 g/mol. The Kier molecular flexibility index (Phi) is 4.05. The molecule has 0 spiro atoms. The standard InChI is InChI=1S/C12H11F2N3O2S/c1-8-2-11(16-7-15-8)6-17-20(18,19)12-4-9(13)3-10(14)5-12/h2-5,7,17H,6H2,1H3. The van der Waals surface area contributed by atoms with Crippen molar-refractivity contribution in [2.45, 2.75) is 18.4 Å². The molecular formula is C12H11F2N3O2S. The van der Waals surface area contributed by atoms with Gasteiger partial charge in [-0.05, 0) is 25.1 Å². The largest absolute Gasteiger partial charge is 0.242 e. The Hall–Kier alpha value is -1.93. The zero-order valence-corrected chi connectivity index (χ0v) is 11.3. The van der Waals surface area contributed by atoms with Crippen LogP contribution in [0.4, 0.5) is 8.78 Å². The molecule has 0 saturated carbocycles. The first-order valence-electron chi connectivity index (χ1n) is 5.60. The summed E-state index contributed by atoms with van der Waals surface area (Å²) in [5.74, 6) is -1.91. The molecule has 8 heteroatoms. The molecule has 106 valence electrons. The fourth-order valence-corrected chi connectivity index (χ4v) is 2.58. The zero-order valence-electron chi connectivity index (χ0n) is 10.5. The fourth-order valence-electron chi connectivity index (χ4n) is 1.54. The lowest BCUT2D eigenvalue weighted by Crippen LogP contribution is -2.24. The molecule has 0 aliphatic carbocycles. The third kappa shape index (κ3) is 3.55. The van der Waals surface area contributed by atoms with E-state index in [4.69, 9.17) is 0 Å². The number of halogens is 2. The Bertz CT molecular complexity index is 715. The summed E-state index contributed by atoms with van der Waals surface area (Å²) >= 11 is 0. The van der Waals surface area contributed by atoms with Crippen molar-refractivity contribution in [3.8, 4) is 0 Å². The summed E-state index contributed by atoms with van der Waals surface area (Å²) in [6, 6.07) is 3.70. The van der Waals surface area contributed by atoms with Crippen LogP contribution in [-0.4, -0.2) is 18.4 Å². The first-order chi connectivity index (χ1) is 9.37. The number of hydrogen-bond donors (Lipinski definition) is 1. The number of hydrogen-bond acceptors (Lipinski definition) is 4. The average molecular weight is 299 g/mol. The van der Waals surface area contributed by atoms with E-state index in [0.717, 1.165) is 12.1 Å². The van der Waals surface area contributed by atoms with Crippen LogP contribution in [0.3, 0.4) is 0 Å². The summed E-state index contributed by atoms with van der Waals surface area (Å²) in [5, 5.41) is 0. The molecule has 0 radical (unpaired) electrons. The Morgan fingerprint density at radius 1 is 1.10 bits per heavy atom. The molecule has 20 heavy (non-hydrogen) atoms. The highest BCUT2D eigenvalue weighted by Gasteiger charge is 2.16. The number of nitrogens with zero attached hydrogens (tertiary/aromatic N) is 2. The van der Waals surface area contributed by atoms with Gasteiger partial charge in [0, 0.05) is 11.8 Å². The molecule has 0 aliphatic rings. The quantitative estimate of drug-likeness (QED) is 0.929. The molecule has 0 bridgehead atoms. The van der Waals surface area contributed by atoms with E-state index in [1.807, 2.05) is 0 Å². The monoisotopic (exact) mass is 299 g/mol. The van der Waals surface area contributed by atoms with Crippen LogP contribution in [-0.2, 0) is 16.6 Å². The van der Waals surface area contributed by atoms with Crippen LogP contribution in [0, 0.1) is 18.6 Å². The van der Waals surface area contributed by atoms with Crippen molar-refractivity contribution in [3.05, 3.63) is 53.6 Å². The normalized spacial score (nSPS) is 11.6. The highest BCUT2D eigenvalue weighted by atomic mass is 32.2. The van der Waals surface area contributed by atoms with Gasteiger partial charge in [0.25, 0.3) is 0 Å². The smallest absolute Gasteiger partial charge is 0.241 e. The van der Waals surface area contributed by atoms with Gasteiger partial charge in [0.1, 0.15) is 18.0 Å². The lowest BCUT2D eigenvalue weighted by atomic mass is 10.3. The third-order valence-electron chi connectivity index (χ3n) is 2.45. The highest BCUT2D eigenvalue weighted by molar-refractivity contribution is 7.89. The second kappa shape index (κ2) is 5.59. The van der Waals surface area contributed by atoms with E-state index in [9.17, 15) is 17.2 Å². The van der Waals surface area contributed by atoms with Gasteiger partial charge in [-0.2, -0.15) is 0 Å². The van der Waals surface area contributed by atoms with Crippen LogP contribution in [0.2, 0.25) is 0 Å². The number of aryl methyl sites for hydroxylation is 1. The molecule has 1 aromatic carbocycles. The first-order valence-corrected chi connectivity index (χ1v) is 7.08. The van der Waals surface area contributed by atoms with Crippen molar-refractivity contribution in [1.82, 2.24) is 14.7 Å². The molecule has 0 saturated heterocycles. The van der Waals surface area contributed by atoms with E-state index in [1.54, 1.807) is 13.0 Å². The zero-order chi connectivity index (χ0) is 14.8. The maximum atomic E-state index is 13.0. The van der Waals surface area contributed by atoms with Crippen molar-refractivity contribution in [2.75, 3.05) is 0 Å². The molecule has 0 fully saturated rings. The second-order valence-corrected chi connectivity index (χ2v) is 5.85. The number of benzene rings is 1. The van der Waals surface area contributed by atoms with Gasteiger partial charge < -0.3 is 0 Å². The van der Waals surface area contributed by atoms with Gasteiger partial charge in [0.05, 0.1) is 17.1 Å². The van der Waals surface area contributed by atoms with E-state index in [0.29, 0.717) is 17.5 Å². The van der Waals surface area contributed by atoms with Gasteiger partial charge in [-0.15, -0.1) is 0 Å². The minimum atomic E-state index is -4.01. The molecule has 2 aromatic rings. The topological polar surface area (TPSA) is 72.0 Å². The summed E-state index contributed by atoms with van der Waals surface area (Å²) in [7, 11) is -4.01. The SMILES string of the molecule is Cc1cc(CNS(=O)(=O)c2cc(F)cc(F)c2)ncn1. The van der Waals surface area contributed by atoms with E-state index in [-0.39, 0.29) is 6.54 Å². The molecule has 1 aromatic heterocycles. The van der Waals surface area contributed by atoms with Gasteiger partial charge in [-0.3, -0.25) is 0 Å². The summed E-state index contributed by atoms with van der Waals surface area (Å²) in [6.45, 7) is 1.64. The number of nitrogens with one attached hydrogen (secondary N) is 1. The number of aromatic nitrogens is 2. The Labute approximate surface area is 114 Å². The minimum absolute atomic E-state index is 0.0934. The summed E-state index contributed by atoms with van der Waals surface area (Å²) in [6.07, 6.45) is 1.31. The van der Waals surface area contributed by atoms with E-state index >= 15 is 0 Å². The van der Waals surface area contributed by atoms with E-state index in [2.05, 4.69) is 14.7 Å². The number of rotatable bonds is 4.